The highest BCUT2D eigenvalue weighted by Crippen LogP contribution is 2.14. The van der Waals surface area contributed by atoms with E-state index in [-0.39, 0.29) is 5.91 Å². The van der Waals surface area contributed by atoms with E-state index in [0.717, 1.165) is 6.42 Å². The Bertz CT molecular complexity index is 397. The number of primary amides is 1. The minimum Gasteiger partial charge on any atom is -0.366 e. The second kappa shape index (κ2) is 22.2. The van der Waals surface area contributed by atoms with Crippen LogP contribution in [0.3, 0.4) is 0 Å². The Labute approximate surface area is 176 Å². The average Bonchev–Trinajstić information content (AvgIpc) is 2.68. The van der Waals surface area contributed by atoms with Gasteiger partial charge in [0.2, 0.25) is 5.91 Å². The van der Waals surface area contributed by atoms with Crippen LogP contribution in [0.2, 0.25) is 0 Å². The lowest BCUT2D eigenvalue weighted by Gasteiger charge is -2.03. The van der Waals surface area contributed by atoms with Gasteiger partial charge in [0.1, 0.15) is 0 Å². The van der Waals surface area contributed by atoms with Crippen LogP contribution in [0.25, 0.3) is 0 Å². The van der Waals surface area contributed by atoms with E-state index in [1.165, 1.54) is 116 Å². The van der Waals surface area contributed by atoms with Gasteiger partial charge in [-0.1, -0.05) is 134 Å². The lowest BCUT2D eigenvalue weighted by Crippen LogP contribution is -2.11. The molecule has 0 unspecified atom stereocenters. The minimum absolute atomic E-state index is 0.335. The number of hydrogen-bond acceptors (Lipinski definition) is 1. The lowest BCUT2D eigenvalue weighted by atomic mass is 10.0. The normalized spacial score (nSPS) is 12.1. The Hall–Kier alpha value is -1.05. The maximum absolute atomic E-state index is 10.9. The summed E-state index contributed by atoms with van der Waals surface area (Å²) in [5, 5.41) is 0. The molecule has 28 heavy (non-hydrogen) atoms. The zero-order valence-corrected chi connectivity index (χ0v) is 19.2. The molecule has 0 aromatic rings. The summed E-state index contributed by atoms with van der Waals surface area (Å²) in [6.45, 7) is 4.04. The minimum atomic E-state index is -0.335. The van der Waals surface area contributed by atoms with Crippen LogP contribution in [0, 0.1) is 0 Å². The number of hydrogen-bond donors (Lipinski definition) is 1. The van der Waals surface area contributed by atoms with Crippen LogP contribution in [0.15, 0.2) is 23.8 Å². The summed E-state index contributed by atoms with van der Waals surface area (Å²) in [6, 6.07) is 0. The van der Waals surface area contributed by atoms with Crippen molar-refractivity contribution in [2.24, 2.45) is 5.73 Å². The predicted octanol–water partition coefficient (Wildman–Crippen LogP) is 8.41. The van der Waals surface area contributed by atoms with Crippen molar-refractivity contribution in [3.8, 4) is 0 Å². The largest absolute Gasteiger partial charge is 0.366 e. The molecular formula is C26H49NO. The number of carbonyl (C=O) groups is 1. The van der Waals surface area contributed by atoms with Crippen molar-refractivity contribution >= 4 is 5.91 Å². The van der Waals surface area contributed by atoms with Gasteiger partial charge in [-0.15, -0.1) is 0 Å². The maximum Gasteiger partial charge on any atom is 0.244 e. The van der Waals surface area contributed by atoms with Gasteiger partial charge in [-0.25, -0.2) is 0 Å². The van der Waals surface area contributed by atoms with Gasteiger partial charge in [-0.3, -0.25) is 4.79 Å². The van der Waals surface area contributed by atoms with Crippen LogP contribution in [0.1, 0.15) is 136 Å². The van der Waals surface area contributed by atoms with E-state index >= 15 is 0 Å². The molecule has 0 aromatic heterocycles. The third kappa shape index (κ3) is 21.3. The van der Waals surface area contributed by atoms with Crippen LogP contribution in [0.4, 0.5) is 0 Å². The van der Waals surface area contributed by atoms with Crippen molar-refractivity contribution < 1.29 is 4.79 Å². The molecule has 0 atom stereocenters. The first-order chi connectivity index (χ1) is 13.7. The maximum atomic E-state index is 10.9. The van der Waals surface area contributed by atoms with Crippen molar-refractivity contribution in [3.63, 3.8) is 0 Å². The Morgan fingerprint density at radius 1 is 0.643 bits per heavy atom. The van der Waals surface area contributed by atoms with E-state index in [4.69, 9.17) is 5.73 Å². The number of rotatable bonds is 21. The molecule has 0 bridgehead atoms. The molecule has 0 saturated carbocycles. The summed E-state index contributed by atoms with van der Waals surface area (Å²) < 4.78 is 0. The first-order valence-electron chi connectivity index (χ1n) is 12.3. The van der Waals surface area contributed by atoms with Crippen molar-refractivity contribution in [1.29, 1.82) is 0 Å². The van der Waals surface area contributed by atoms with Crippen molar-refractivity contribution in [1.82, 2.24) is 0 Å². The van der Waals surface area contributed by atoms with Crippen LogP contribution < -0.4 is 5.73 Å². The summed E-state index contributed by atoms with van der Waals surface area (Å²) in [7, 11) is 0. The Kier molecular flexibility index (Phi) is 21.4. The van der Waals surface area contributed by atoms with E-state index in [9.17, 15) is 4.79 Å². The molecule has 2 N–H and O–H groups in total. The summed E-state index contributed by atoms with van der Waals surface area (Å²) in [5.41, 5.74) is 5.80. The third-order valence-corrected chi connectivity index (χ3v) is 5.60. The van der Waals surface area contributed by atoms with E-state index in [0.29, 0.717) is 5.57 Å². The van der Waals surface area contributed by atoms with Crippen LogP contribution >= 0.6 is 0 Å². The number of nitrogens with two attached hydrogens (primary N) is 1. The molecular weight excluding hydrogens is 342 g/mol. The van der Waals surface area contributed by atoms with Crippen molar-refractivity contribution in [2.75, 3.05) is 0 Å². The zero-order chi connectivity index (χ0) is 20.7. The van der Waals surface area contributed by atoms with Gasteiger partial charge in [0.05, 0.1) is 0 Å². The molecule has 0 spiro atoms. The molecule has 0 aromatic carbocycles. The van der Waals surface area contributed by atoms with Gasteiger partial charge in [0, 0.05) is 5.57 Å². The molecule has 164 valence electrons. The van der Waals surface area contributed by atoms with E-state index in [1.807, 2.05) is 6.08 Å². The highest BCUT2D eigenvalue weighted by Gasteiger charge is 1.95. The van der Waals surface area contributed by atoms with Gasteiger partial charge in [-0.2, -0.15) is 0 Å². The first-order valence-corrected chi connectivity index (χ1v) is 12.3. The monoisotopic (exact) mass is 391 g/mol. The molecule has 0 aliphatic heterocycles. The molecule has 0 heterocycles. The topological polar surface area (TPSA) is 43.1 Å². The highest BCUT2D eigenvalue weighted by molar-refractivity contribution is 5.91. The molecule has 1 amide bonds. The van der Waals surface area contributed by atoms with Gasteiger partial charge in [-0.05, 0) is 19.8 Å². The van der Waals surface area contributed by atoms with Crippen molar-refractivity contribution in [2.45, 2.75) is 136 Å². The highest BCUT2D eigenvalue weighted by atomic mass is 16.1. The van der Waals surface area contributed by atoms with Gasteiger partial charge >= 0.3 is 0 Å². The standard InChI is InChI=1S/C26H49NO/c1-3-4-5-6-7-8-9-10-11-12-13-14-15-16-17-18-19-20-21-22-23-24-25(2)26(27)28/h22-24H,3-21H2,1-2H3,(H2,27,28). The fourth-order valence-electron chi connectivity index (χ4n) is 3.55. The molecule has 0 radical (unpaired) electrons. The number of unbranched alkanes of at least 4 members (excludes halogenated alkanes) is 18. The van der Waals surface area contributed by atoms with E-state index in [2.05, 4.69) is 13.0 Å². The molecule has 2 nitrogen and oxygen atoms in total. The second-order valence-electron chi connectivity index (χ2n) is 8.44. The predicted molar refractivity (Wildman–Crippen MR) is 125 cm³/mol. The number of carbonyl (C=O) groups excluding carboxylic acids is 1. The molecule has 0 fully saturated rings. The van der Waals surface area contributed by atoms with Gasteiger partial charge in [0.15, 0.2) is 0 Å². The lowest BCUT2D eigenvalue weighted by molar-refractivity contribution is -0.114. The molecule has 0 aliphatic rings. The summed E-state index contributed by atoms with van der Waals surface area (Å²) in [5.74, 6) is -0.335. The fraction of sp³-hybridized carbons (Fsp3) is 0.808. The summed E-state index contributed by atoms with van der Waals surface area (Å²) in [4.78, 5) is 10.9. The molecule has 0 rings (SSSR count). The Balaban J connectivity index is 3.15. The van der Waals surface area contributed by atoms with E-state index in [1.54, 1.807) is 13.0 Å². The Morgan fingerprint density at radius 3 is 1.36 bits per heavy atom. The molecule has 2 heteroatoms. The average molecular weight is 392 g/mol. The second-order valence-corrected chi connectivity index (χ2v) is 8.44. The van der Waals surface area contributed by atoms with Gasteiger partial charge in [0.25, 0.3) is 0 Å². The number of amides is 1. The quantitative estimate of drug-likeness (QED) is 0.119. The third-order valence-electron chi connectivity index (χ3n) is 5.60. The summed E-state index contributed by atoms with van der Waals surface area (Å²) >= 11 is 0. The van der Waals surface area contributed by atoms with Crippen LogP contribution in [0.5, 0.6) is 0 Å². The molecule has 0 saturated heterocycles. The van der Waals surface area contributed by atoms with Gasteiger partial charge < -0.3 is 5.73 Å². The van der Waals surface area contributed by atoms with Crippen LogP contribution in [-0.4, -0.2) is 5.91 Å². The van der Waals surface area contributed by atoms with Crippen LogP contribution in [-0.2, 0) is 4.79 Å². The Morgan fingerprint density at radius 2 is 1.00 bits per heavy atom. The smallest absolute Gasteiger partial charge is 0.244 e. The van der Waals surface area contributed by atoms with E-state index < -0.39 is 0 Å². The molecule has 0 aliphatic carbocycles. The number of allylic oxidation sites excluding steroid dienone is 3. The van der Waals surface area contributed by atoms with Crippen molar-refractivity contribution in [3.05, 3.63) is 23.8 Å². The summed E-state index contributed by atoms with van der Waals surface area (Å²) in [6.07, 6.45) is 32.5. The SMILES string of the molecule is CCCCCCCCCCCCCCCCCCCCC=CC=C(C)C(N)=O. The first kappa shape index (κ1) is 27.0. The zero-order valence-electron chi connectivity index (χ0n) is 19.2. The fourth-order valence-corrected chi connectivity index (χ4v) is 3.55.